The van der Waals surface area contributed by atoms with Crippen molar-refractivity contribution in [2.75, 3.05) is 7.11 Å². The molecule has 0 aliphatic rings. The summed E-state index contributed by atoms with van der Waals surface area (Å²) in [5.41, 5.74) is 1.18. The second-order valence-corrected chi connectivity index (χ2v) is 5.43. The number of ether oxygens (including phenoxy) is 1. The van der Waals surface area contributed by atoms with Crippen LogP contribution in [0.2, 0.25) is 0 Å². The summed E-state index contributed by atoms with van der Waals surface area (Å²) in [6, 6.07) is 6.09. The van der Waals surface area contributed by atoms with Gasteiger partial charge in [-0.15, -0.1) is 11.6 Å². The van der Waals surface area contributed by atoms with Crippen LogP contribution in [0.5, 0.6) is 5.75 Å². The molecule has 1 atom stereocenters. The summed E-state index contributed by atoms with van der Waals surface area (Å²) >= 11 is 9.73. The molecule has 0 radical (unpaired) electrons. The van der Waals surface area contributed by atoms with Gasteiger partial charge in [-0.3, -0.25) is 0 Å². The molecule has 1 rings (SSSR count). The molecule has 0 saturated carbocycles. The fourth-order valence-electron chi connectivity index (χ4n) is 1.65. The van der Waals surface area contributed by atoms with Crippen LogP contribution in [0.4, 0.5) is 0 Å². The first-order valence-corrected chi connectivity index (χ1v) is 6.86. The first kappa shape index (κ1) is 13.9. The predicted octanol–water partition coefficient (Wildman–Crippen LogP) is 4.80. The van der Waals surface area contributed by atoms with Crippen LogP contribution in [0.3, 0.4) is 0 Å². The summed E-state index contributed by atoms with van der Waals surface area (Å²) in [7, 11) is 1.69. The van der Waals surface area contributed by atoms with E-state index in [0.717, 1.165) is 23.1 Å². The summed E-state index contributed by atoms with van der Waals surface area (Å²) in [5, 5.41) is 0.204. The van der Waals surface area contributed by atoms with Gasteiger partial charge in [-0.05, 0) is 30.5 Å². The van der Waals surface area contributed by atoms with Crippen molar-refractivity contribution in [3.05, 3.63) is 28.2 Å². The molecule has 0 aliphatic heterocycles. The van der Waals surface area contributed by atoms with Crippen molar-refractivity contribution in [3.63, 3.8) is 0 Å². The van der Waals surface area contributed by atoms with Crippen molar-refractivity contribution in [1.82, 2.24) is 0 Å². The zero-order chi connectivity index (χ0) is 12.0. The molecule has 90 valence electrons. The molecule has 0 saturated heterocycles. The van der Waals surface area contributed by atoms with Gasteiger partial charge in [-0.2, -0.15) is 0 Å². The molecule has 16 heavy (non-hydrogen) atoms. The van der Waals surface area contributed by atoms with Gasteiger partial charge in [0.25, 0.3) is 0 Å². The number of halogens is 2. The molecule has 0 bridgehead atoms. The molecular weight excluding hydrogens is 287 g/mol. The summed E-state index contributed by atoms with van der Waals surface area (Å²) in [5.74, 6) is 0.913. The smallest absolute Gasteiger partial charge is 0.123 e. The molecule has 1 nitrogen and oxygen atoms in total. The van der Waals surface area contributed by atoms with E-state index in [2.05, 4.69) is 28.9 Å². The van der Waals surface area contributed by atoms with Crippen molar-refractivity contribution in [1.29, 1.82) is 0 Å². The number of alkyl halides is 1. The van der Waals surface area contributed by atoms with E-state index in [1.807, 2.05) is 12.1 Å². The lowest BCUT2D eigenvalue weighted by molar-refractivity contribution is 0.408. The van der Waals surface area contributed by atoms with Crippen molar-refractivity contribution < 1.29 is 4.74 Å². The zero-order valence-electron chi connectivity index (χ0n) is 9.80. The van der Waals surface area contributed by atoms with E-state index in [4.69, 9.17) is 16.3 Å². The molecule has 0 aliphatic carbocycles. The third-order valence-electron chi connectivity index (χ3n) is 2.56. The van der Waals surface area contributed by atoms with E-state index >= 15 is 0 Å². The average molecular weight is 306 g/mol. The highest BCUT2D eigenvalue weighted by atomic mass is 79.9. The Morgan fingerprint density at radius 1 is 1.44 bits per heavy atom. The topological polar surface area (TPSA) is 9.23 Å². The van der Waals surface area contributed by atoms with Crippen LogP contribution in [-0.4, -0.2) is 12.5 Å². The average Bonchev–Trinajstić information content (AvgIpc) is 2.28. The van der Waals surface area contributed by atoms with E-state index in [9.17, 15) is 0 Å². The maximum absolute atomic E-state index is 6.30. The molecule has 0 amide bonds. The van der Waals surface area contributed by atoms with E-state index < -0.39 is 0 Å². The highest BCUT2D eigenvalue weighted by Crippen LogP contribution is 2.26. The van der Waals surface area contributed by atoms with Crippen LogP contribution in [0.15, 0.2) is 22.7 Å². The lowest BCUT2D eigenvalue weighted by atomic mass is 10.0. The quantitative estimate of drug-likeness (QED) is 0.686. The van der Waals surface area contributed by atoms with Crippen LogP contribution in [0, 0.1) is 0 Å². The second-order valence-electron chi connectivity index (χ2n) is 3.90. The molecule has 1 unspecified atom stereocenters. The predicted molar refractivity (Wildman–Crippen MR) is 73.6 cm³/mol. The molecule has 1 aromatic carbocycles. The number of hydrogen-bond donors (Lipinski definition) is 0. The zero-order valence-corrected chi connectivity index (χ0v) is 12.1. The fourth-order valence-corrected chi connectivity index (χ4v) is 2.31. The van der Waals surface area contributed by atoms with Gasteiger partial charge in [-0.25, -0.2) is 0 Å². The van der Waals surface area contributed by atoms with Gasteiger partial charge in [-0.1, -0.05) is 41.8 Å². The Labute approximate surface area is 111 Å². The number of benzene rings is 1. The van der Waals surface area contributed by atoms with E-state index in [1.54, 1.807) is 7.11 Å². The molecule has 0 fully saturated rings. The normalized spacial score (nSPS) is 12.5. The lowest BCUT2D eigenvalue weighted by Crippen LogP contribution is -2.04. The minimum Gasteiger partial charge on any atom is -0.496 e. The maximum atomic E-state index is 6.30. The van der Waals surface area contributed by atoms with E-state index in [-0.39, 0.29) is 5.38 Å². The highest BCUT2D eigenvalue weighted by molar-refractivity contribution is 9.10. The lowest BCUT2D eigenvalue weighted by Gasteiger charge is -2.12. The standard InChI is InChI=1S/C13H18BrClO/c1-3-4-5-12(15)8-10-6-7-11(14)9-13(10)16-2/h6-7,9,12H,3-5,8H2,1-2H3. The van der Waals surface area contributed by atoms with Gasteiger partial charge in [0, 0.05) is 9.85 Å². The Kier molecular flexibility index (Phi) is 6.22. The Hall–Kier alpha value is -0.210. The Morgan fingerprint density at radius 2 is 2.19 bits per heavy atom. The van der Waals surface area contributed by atoms with Gasteiger partial charge in [0.15, 0.2) is 0 Å². The fraction of sp³-hybridized carbons (Fsp3) is 0.538. The molecule has 1 aromatic rings. The number of methoxy groups -OCH3 is 1. The van der Waals surface area contributed by atoms with Crippen LogP contribution in [-0.2, 0) is 6.42 Å². The maximum Gasteiger partial charge on any atom is 0.123 e. The molecule has 0 spiro atoms. The van der Waals surface area contributed by atoms with Crippen LogP contribution in [0.25, 0.3) is 0 Å². The minimum atomic E-state index is 0.204. The van der Waals surface area contributed by atoms with Gasteiger partial charge in [0.1, 0.15) is 5.75 Å². The van der Waals surface area contributed by atoms with Crippen LogP contribution in [0.1, 0.15) is 31.7 Å². The first-order valence-electron chi connectivity index (χ1n) is 5.63. The first-order chi connectivity index (χ1) is 7.67. The SMILES string of the molecule is CCCCC(Cl)Cc1ccc(Br)cc1OC. The van der Waals surface area contributed by atoms with Crippen LogP contribution >= 0.6 is 27.5 Å². The van der Waals surface area contributed by atoms with Crippen LogP contribution < -0.4 is 4.74 Å². The molecular formula is C13H18BrClO. The molecule has 0 N–H and O–H groups in total. The Balaban J connectivity index is 2.65. The summed E-state index contributed by atoms with van der Waals surface area (Å²) < 4.78 is 6.38. The number of hydrogen-bond acceptors (Lipinski definition) is 1. The molecule has 0 aromatic heterocycles. The van der Waals surface area contributed by atoms with E-state index in [0.29, 0.717) is 0 Å². The van der Waals surface area contributed by atoms with E-state index in [1.165, 1.54) is 18.4 Å². The Bertz CT molecular complexity index is 328. The Morgan fingerprint density at radius 3 is 2.81 bits per heavy atom. The molecule has 3 heteroatoms. The summed E-state index contributed by atoms with van der Waals surface area (Å²) in [6.45, 7) is 2.18. The van der Waals surface area contributed by atoms with Gasteiger partial charge in [0.2, 0.25) is 0 Å². The van der Waals surface area contributed by atoms with Crippen molar-refractivity contribution in [3.8, 4) is 5.75 Å². The number of rotatable bonds is 6. The van der Waals surface area contributed by atoms with Gasteiger partial charge >= 0.3 is 0 Å². The van der Waals surface area contributed by atoms with Crippen molar-refractivity contribution >= 4 is 27.5 Å². The minimum absolute atomic E-state index is 0.204. The van der Waals surface area contributed by atoms with Gasteiger partial charge in [0.05, 0.1) is 7.11 Å². The highest BCUT2D eigenvalue weighted by Gasteiger charge is 2.10. The second kappa shape index (κ2) is 7.18. The van der Waals surface area contributed by atoms with Crippen molar-refractivity contribution in [2.24, 2.45) is 0 Å². The molecule has 0 heterocycles. The largest absolute Gasteiger partial charge is 0.496 e. The monoisotopic (exact) mass is 304 g/mol. The number of unbranched alkanes of at least 4 members (excludes halogenated alkanes) is 1. The summed E-state index contributed by atoms with van der Waals surface area (Å²) in [6.07, 6.45) is 4.32. The van der Waals surface area contributed by atoms with Gasteiger partial charge < -0.3 is 4.74 Å². The van der Waals surface area contributed by atoms with Crippen molar-refractivity contribution in [2.45, 2.75) is 38.0 Å². The third kappa shape index (κ3) is 4.34. The summed E-state index contributed by atoms with van der Waals surface area (Å²) in [4.78, 5) is 0. The third-order valence-corrected chi connectivity index (χ3v) is 3.43.